The summed E-state index contributed by atoms with van der Waals surface area (Å²) in [6, 6.07) is 18.4. The topological polar surface area (TPSA) is 99.2 Å². The Morgan fingerprint density at radius 1 is 1.06 bits per heavy atom. The molecule has 0 saturated heterocycles. The second kappa shape index (κ2) is 7.95. The summed E-state index contributed by atoms with van der Waals surface area (Å²) in [5.74, 6) is 0.816. The Balaban J connectivity index is 1.60. The Morgan fingerprint density at radius 3 is 2.78 bits per heavy atom. The van der Waals surface area contributed by atoms with E-state index in [0.29, 0.717) is 22.9 Å². The average Bonchev–Trinajstić information content (AvgIpc) is 3.46. The predicted molar refractivity (Wildman–Crippen MR) is 119 cm³/mol. The third kappa shape index (κ3) is 3.56. The molecule has 0 spiro atoms. The molecule has 0 fully saturated rings. The third-order valence-electron chi connectivity index (χ3n) is 4.96. The third-order valence-corrected chi connectivity index (χ3v) is 4.96. The second-order valence-corrected chi connectivity index (χ2v) is 7.10. The highest BCUT2D eigenvalue weighted by atomic mass is 16.5. The van der Waals surface area contributed by atoms with Crippen LogP contribution in [0.3, 0.4) is 0 Å². The summed E-state index contributed by atoms with van der Waals surface area (Å²) in [6.07, 6.45) is 3.33. The smallest absolute Gasteiger partial charge is 0.276 e. The van der Waals surface area contributed by atoms with Crippen LogP contribution in [0.25, 0.3) is 22.7 Å². The van der Waals surface area contributed by atoms with E-state index in [1.54, 1.807) is 34.5 Å². The highest BCUT2D eigenvalue weighted by Crippen LogP contribution is 2.26. The first-order valence-corrected chi connectivity index (χ1v) is 9.90. The van der Waals surface area contributed by atoms with Crippen molar-refractivity contribution in [2.75, 3.05) is 12.4 Å². The molecule has 4 aromatic heterocycles. The van der Waals surface area contributed by atoms with Crippen molar-refractivity contribution in [2.24, 2.45) is 0 Å². The van der Waals surface area contributed by atoms with Crippen LogP contribution in [-0.4, -0.2) is 42.4 Å². The number of hydrogen-bond acceptors (Lipinski definition) is 6. The van der Waals surface area contributed by atoms with Gasteiger partial charge in [0.2, 0.25) is 0 Å². The van der Waals surface area contributed by atoms with Crippen LogP contribution in [0.2, 0.25) is 0 Å². The van der Waals surface area contributed by atoms with Crippen LogP contribution in [-0.2, 0) is 0 Å². The quantitative estimate of drug-likeness (QED) is 0.462. The summed E-state index contributed by atoms with van der Waals surface area (Å²) in [7, 11) is 1.56. The number of amides is 1. The number of nitrogens with one attached hydrogen (secondary N) is 1. The van der Waals surface area contributed by atoms with E-state index in [1.165, 1.54) is 6.33 Å². The molecule has 0 saturated carbocycles. The Hall–Kier alpha value is -4.53. The summed E-state index contributed by atoms with van der Waals surface area (Å²) >= 11 is 0. The SMILES string of the molecule is COc1ccccc1NC(=O)c1cc(-c2ccc3ncnn3c2)n(-c2cccc(C)n2)n1. The molecular weight excluding hydrogens is 406 g/mol. The van der Waals surface area contributed by atoms with Crippen LogP contribution in [0.4, 0.5) is 5.69 Å². The zero-order valence-electron chi connectivity index (χ0n) is 17.4. The fourth-order valence-corrected chi connectivity index (χ4v) is 3.42. The van der Waals surface area contributed by atoms with Gasteiger partial charge in [-0.3, -0.25) is 4.79 Å². The van der Waals surface area contributed by atoms with Gasteiger partial charge in [0.1, 0.15) is 12.1 Å². The van der Waals surface area contributed by atoms with Gasteiger partial charge in [-0.05, 0) is 49.4 Å². The van der Waals surface area contributed by atoms with Gasteiger partial charge in [-0.25, -0.2) is 19.2 Å². The largest absolute Gasteiger partial charge is 0.495 e. The van der Waals surface area contributed by atoms with Crippen molar-refractivity contribution < 1.29 is 9.53 Å². The Labute approximate surface area is 183 Å². The number of rotatable bonds is 5. The van der Waals surface area contributed by atoms with Gasteiger partial charge in [-0.2, -0.15) is 10.2 Å². The first-order chi connectivity index (χ1) is 15.6. The molecular formula is C23H19N7O2. The molecule has 4 heterocycles. The lowest BCUT2D eigenvalue weighted by Crippen LogP contribution is -2.14. The molecule has 32 heavy (non-hydrogen) atoms. The van der Waals surface area contributed by atoms with E-state index in [4.69, 9.17) is 4.74 Å². The fourth-order valence-electron chi connectivity index (χ4n) is 3.42. The van der Waals surface area contributed by atoms with Gasteiger partial charge in [0.25, 0.3) is 5.91 Å². The van der Waals surface area contributed by atoms with E-state index < -0.39 is 0 Å². The fraction of sp³-hybridized carbons (Fsp3) is 0.0870. The second-order valence-electron chi connectivity index (χ2n) is 7.10. The number of ether oxygens (including phenoxy) is 1. The molecule has 1 aromatic carbocycles. The van der Waals surface area contributed by atoms with Gasteiger partial charge in [0.15, 0.2) is 17.2 Å². The standard InChI is InChI=1S/C23H19N7O2/c1-15-6-5-9-22(26-15)30-19(16-10-11-21-24-14-25-29(21)13-16)12-18(28-30)23(31)27-17-7-3-4-8-20(17)32-2/h3-14H,1-2H3,(H,27,31). The summed E-state index contributed by atoms with van der Waals surface area (Å²) in [5, 5.41) is 11.6. The van der Waals surface area contributed by atoms with Gasteiger partial charge >= 0.3 is 0 Å². The monoisotopic (exact) mass is 425 g/mol. The van der Waals surface area contributed by atoms with E-state index in [-0.39, 0.29) is 11.6 Å². The number of nitrogens with zero attached hydrogens (tertiary/aromatic N) is 6. The molecule has 0 aliphatic rings. The first-order valence-electron chi connectivity index (χ1n) is 9.90. The van der Waals surface area contributed by atoms with E-state index in [0.717, 1.165) is 16.9 Å². The maximum Gasteiger partial charge on any atom is 0.276 e. The number of carbonyl (C=O) groups excluding carboxylic acids is 1. The number of hydrogen-bond donors (Lipinski definition) is 1. The zero-order chi connectivity index (χ0) is 22.1. The molecule has 0 atom stereocenters. The summed E-state index contributed by atoms with van der Waals surface area (Å²) in [4.78, 5) is 21.8. The van der Waals surface area contributed by atoms with Gasteiger partial charge in [-0.15, -0.1) is 0 Å². The molecule has 9 heteroatoms. The van der Waals surface area contributed by atoms with Crippen molar-refractivity contribution in [2.45, 2.75) is 6.92 Å². The van der Waals surface area contributed by atoms with Crippen LogP contribution < -0.4 is 10.1 Å². The molecule has 1 N–H and O–H groups in total. The van der Waals surface area contributed by atoms with Gasteiger partial charge < -0.3 is 10.1 Å². The van der Waals surface area contributed by atoms with E-state index in [9.17, 15) is 4.79 Å². The minimum Gasteiger partial charge on any atom is -0.495 e. The molecule has 158 valence electrons. The van der Waals surface area contributed by atoms with E-state index in [1.807, 2.05) is 55.6 Å². The molecule has 0 aliphatic heterocycles. The molecule has 0 radical (unpaired) electrons. The number of aryl methyl sites for hydroxylation is 1. The van der Waals surface area contributed by atoms with Crippen molar-refractivity contribution >= 4 is 17.2 Å². The Kier molecular flexibility index (Phi) is 4.83. The number of anilines is 1. The van der Waals surface area contributed by atoms with Gasteiger partial charge in [-0.1, -0.05) is 18.2 Å². The molecule has 0 unspecified atom stereocenters. The average molecular weight is 425 g/mol. The van der Waals surface area contributed by atoms with Crippen LogP contribution in [0.1, 0.15) is 16.2 Å². The van der Waals surface area contributed by atoms with Crippen molar-refractivity contribution in [1.82, 2.24) is 29.4 Å². The molecule has 0 aliphatic carbocycles. The highest BCUT2D eigenvalue weighted by Gasteiger charge is 2.19. The number of pyridine rings is 2. The van der Waals surface area contributed by atoms with Crippen LogP contribution in [0.5, 0.6) is 5.75 Å². The highest BCUT2D eigenvalue weighted by molar-refractivity contribution is 6.04. The molecule has 5 aromatic rings. The number of para-hydroxylation sites is 2. The maximum atomic E-state index is 13.1. The lowest BCUT2D eigenvalue weighted by Gasteiger charge is -2.08. The van der Waals surface area contributed by atoms with Gasteiger partial charge in [0.05, 0.1) is 18.5 Å². The first kappa shape index (κ1) is 19.4. The maximum absolute atomic E-state index is 13.1. The van der Waals surface area contributed by atoms with Crippen molar-refractivity contribution in [3.63, 3.8) is 0 Å². The van der Waals surface area contributed by atoms with Crippen LogP contribution in [0, 0.1) is 6.92 Å². The van der Waals surface area contributed by atoms with E-state index >= 15 is 0 Å². The Morgan fingerprint density at radius 2 is 1.94 bits per heavy atom. The zero-order valence-corrected chi connectivity index (χ0v) is 17.4. The van der Waals surface area contributed by atoms with Crippen molar-refractivity contribution in [3.05, 3.63) is 84.6 Å². The van der Waals surface area contributed by atoms with Crippen LogP contribution >= 0.6 is 0 Å². The molecule has 5 rings (SSSR count). The summed E-state index contributed by atoms with van der Waals surface area (Å²) < 4.78 is 8.66. The lowest BCUT2D eigenvalue weighted by molar-refractivity contribution is 0.102. The summed E-state index contributed by atoms with van der Waals surface area (Å²) in [6.45, 7) is 1.91. The molecule has 0 bridgehead atoms. The normalized spacial score (nSPS) is 10.9. The predicted octanol–water partition coefficient (Wildman–Crippen LogP) is 3.55. The number of aromatic nitrogens is 6. The van der Waals surface area contributed by atoms with Gasteiger partial charge in [0, 0.05) is 17.5 Å². The minimum atomic E-state index is -0.357. The number of fused-ring (bicyclic) bond motifs is 1. The number of methoxy groups -OCH3 is 1. The van der Waals surface area contributed by atoms with Crippen LogP contribution in [0.15, 0.2) is 73.2 Å². The number of benzene rings is 1. The van der Waals surface area contributed by atoms with E-state index in [2.05, 4.69) is 25.5 Å². The molecule has 9 nitrogen and oxygen atoms in total. The number of carbonyl (C=O) groups is 1. The Bertz CT molecular complexity index is 1440. The minimum absolute atomic E-state index is 0.243. The summed E-state index contributed by atoms with van der Waals surface area (Å²) in [5.41, 5.74) is 3.89. The van der Waals surface area contributed by atoms with Crippen molar-refractivity contribution in [3.8, 4) is 22.8 Å². The molecule has 1 amide bonds. The lowest BCUT2D eigenvalue weighted by atomic mass is 10.2. The van der Waals surface area contributed by atoms with Crippen molar-refractivity contribution in [1.29, 1.82) is 0 Å².